The average molecular weight is 283 g/mol. The average Bonchev–Trinajstić information content (AvgIpc) is 2.97. The molecule has 2 aromatic carbocycles. The predicted molar refractivity (Wildman–Crippen MR) is 78.4 cm³/mol. The van der Waals surface area contributed by atoms with E-state index >= 15 is 0 Å². The van der Waals surface area contributed by atoms with E-state index in [0.29, 0.717) is 16.7 Å². The Labute approximate surface area is 119 Å². The maximum Gasteiger partial charge on any atom is 0.244 e. The molecule has 0 fully saturated rings. The first-order valence-corrected chi connectivity index (χ1v) is 6.54. The van der Waals surface area contributed by atoms with Crippen molar-refractivity contribution >= 4 is 16.7 Å². The van der Waals surface area contributed by atoms with Gasteiger partial charge in [-0.2, -0.15) is 5.10 Å². The Morgan fingerprint density at radius 2 is 1.76 bits per heavy atom. The maximum atomic E-state index is 12.1. The Bertz CT molecular complexity index is 914. The first kappa shape index (κ1) is 13.2. The molecule has 0 atom stereocenters. The Hall–Kier alpha value is -2.83. The zero-order valence-electron chi connectivity index (χ0n) is 11.6. The number of hydrogen-bond donors (Lipinski definition) is 1. The van der Waals surface area contributed by atoms with Crippen LogP contribution in [0.1, 0.15) is 12.7 Å². The van der Waals surface area contributed by atoms with Gasteiger partial charge in [0.1, 0.15) is 5.82 Å². The van der Waals surface area contributed by atoms with Gasteiger partial charge in [0.2, 0.25) is 16.8 Å². The van der Waals surface area contributed by atoms with Crippen LogP contribution in [0.4, 0.5) is 5.95 Å². The van der Waals surface area contributed by atoms with Crippen LogP contribution in [0.5, 0.6) is 0 Å². The Kier molecular flexibility index (Phi) is 3.09. The molecule has 0 bridgehead atoms. The van der Waals surface area contributed by atoms with E-state index in [0.717, 1.165) is 12.2 Å². The van der Waals surface area contributed by atoms with E-state index in [1.165, 1.54) is 0 Å². The van der Waals surface area contributed by atoms with Crippen molar-refractivity contribution < 1.29 is 0 Å². The molecule has 1 N–H and O–H groups in total. The molecule has 0 amide bonds. The van der Waals surface area contributed by atoms with E-state index in [1.54, 1.807) is 35.9 Å². The van der Waals surface area contributed by atoms with Gasteiger partial charge in [-0.05, 0) is 0 Å². The van der Waals surface area contributed by atoms with Crippen molar-refractivity contribution in [2.24, 2.45) is 12.1 Å². The van der Waals surface area contributed by atoms with E-state index in [1.807, 2.05) is 6.92 Å². The van der Waals surface area contributed by atoms with E-state index in [-0.39, 0.29) is 16.2 Å². The van der Waals surface area contributed by atoms with E-state index in [2.05, 4.69) is 20.7 Å². The van der Waals surface area contributed by atoms with Gasteiger partial charge in [0.25, 0.3) is 0 Å². The number of nitrogens with one attached hydrogen (secondary N) is 1. The van der Waals surface area contributed by atoms with Gasteiger partial charge in [0.15, 0.2) is 5.36 Å². The fourth-order valence-corrected chi connectivity index (χ4v) is 2.21. The topological polar surface area (TPSA) is 89.2 Å². The number of aromatic nitrogens is 3. The lowest BCUT2D eigenvalue weighted by atomic mass is 10.2. The summed E-state index contributed by atoms with van der Waals surface area (Å²) in [5.74, 6) is 1.17. The minimum absolute atomic E-state index is 0.128. The highest BCUT2D eigenvalue weighted by Gasteiger charge is 2.11. The molecule has 0 aliphatic carbocycles. The first-order valence-electron chi connectivity index (χ1n) is 6.54. The normalized spacial score (nSPS) is 11.0. The van der Waals surface area contributed by atoms with Crippen LogP contribution in [0.15, 0.2) is 39.0 Å². The monoisotopic (exact) mass is 283 g/mol. The molecular weight excluding hydrogens is 270 g/mol. The highest BCUT2D eigenvalue weighted by molar-refractivity contribution is 5.83. The van der Waals surface area contributed by atoms with Crippen molar-refractivity contribution in [1.82, 2.24) is 14.8 Å². The fraction of sp³-hybridized carbons (Fsp3) is 0.214. The maximum absolute atomic E-state index is 12.1. The van der Waals surface area contributed by atoms with Gasteiger partial charge < -0.3 is 0 Å². The van der Waals surface area contributed by atoms with Gasteiger partial charge in [0.05, 0.1) is 0 Å². The molecule has 0 aliphatic heterocycles. The Morgan fingerprint density at radius 1 is 1.14 bits per heavy atom. The standard InChI is InChI=1S/C14H13N5O2/c1-3-10-15-17-14(19(10)2)18-16-11-12(20)8-6-4-5-7-9(8)13(11)21/h4-7H,3H2,1-2H3,(H,17,18). The number of aryl methyl sites for hydroxylation is 1. The van der Waals surface area contributed by atoms with Crippen LogP contribution < -0.4 is 21.6 Å². The van der Waals surface area contributed by atoms with Crippen LogP contribution in [0.25, 0.3) is 10.8 Å². The summed E-state index contributed by atoms with van der Waals surface area (Å²) in [4.78, 5) is 24.3. The molecule has 21 heavy (non-hydrogen) atoms. The third-order valence-electron chi connectivity index (χ3n) is 3.40. The van der Waals surface area contributed by atoms with Gasteiger partial charge in [-0.3, -0.25) is 14.2 Å². The largest absolute Gasteiger partial charge is 0.299 e. The summed E-state index contributed by atoms with van der Waals surface area (Å²) in [5.41, 5.74) is 1.89. The molecule has 0 radical (unpaired) electrons. The van der Waals surface area contributed by atoms with Gasteiger partial charge in [-0.1, -0.05) is 31.2 Å². The van der Waals surface area contributed by atoms with Gasteiger partial charge in [-0.25, -0.2) is 5.43 Å². The molecule has 1 heterocycles. The Morgan fingerprint density at radius 3 is 2.29 bits per heavy atom. The van der Waals surface area contributed by atoms with Crippen LogP contribution in [-0.4, -0.2) is 14.8 Å². The van der Waals surface area contributed by atoms with E-state index in [9.17, 15) is 9.59 Å². The lowest BCUT2D eigenvalue weighted by Crippen LogP contribution is -2.32. The minimum Gasteiger partial charge on any atom is -0.299 e. The summed E-state index contributed by atoms with van der Waals surface area (Å²) in [7, 11) is 1.79. The van der Waals surface area contributed by atoms with Crippen molar-refractivity contribution in [3.05, 3.63) is 55.9 Å². The molecule has 106 valence electrons. The Balaban J connectivity index is 2.10. The summed E-state index contributed by atoms with van der Waals surface area (Å²) in [6, 6.07) is 6.68. The highest BCUT2D eigenvalue weighted by atomic mass is 16.1. The first-order chi connectivity index (χ1) is 10.1. The molecule has 0 aliphatic rings. The van der Waals surface area contributed by atoms with Crippen molar-refractivity contribution in [1.29, 1.82) is 0 Å². The molecule has 0 unspecified atom stereocenters. The number of nitrogens with zero attached hydrogens (tertiary/aromatic N) is 4. The molecule has 7 heteroatoms. The molecule has 0 saturated carbocycles. The minimum atomic E-state index is -0.374. The fourth-order valence-electron chi connectivity index (χ4n) is 2.21. The molecule has 1 aromatic heterocycles. The van der Waals surface area contributed by atoms with Crippen LogP contribution in [0.2, 0.25) is 0 Å². The number of fused-ring (bicyclic) bond motifs is 1. The summed E-state index contributed by atoms with van der Waals surface area (Å²) >= 11 is 0. The van der Waals surface area contributed by atoms with Crippen LogP contribution in [-0.2, 0) is 13.5 Å². The smallest absolute Gasteiger partial charge is 0.244 e. The number of benzene rings is 1. The number of rotatable bonds is 3. The third-order valence-corrected chi connectivity index (χ3v) is 3.40. The second kappa shape index (κ2) is 4.93. The van der Waals surface area contributed by atoms with Crippen molar-refractivity contribution in [2.45, 2.75) is 13.3 Å². The number of hydrogen-bond acceptors (Lipinski definition) is 6. The van der Waals surface area contributed by atoms with E-state index < -0.39 is 0 Å². The SMILES string of the molecule is CCc1nnc(NN=c2c(=O)c3ccccc3c2=O)n1C. The molecule has 3 aromatic rings. The van der Waals surface area contributed by atoms with E-state index in [4.69, 9.17) is 0 Å². The molecular formula is C14H13N5O2. The predicted octanol–water partition coefficient (Wildman–Crippen LogP) is 0.0545. The molecule has 0 spiro atoms. The van der Waals surface area contributed by atoms with Crippen molar-refractivity contribution in [3.63, 3.8) is 0 Å². The lowest BCUT2D eigenvalue weighted by Gasteiger charge is -1.99. The van der Waals surface area contributed by atoms with Crippen LogP contribution in [0.3, 0.4) is 0 Å². The third kappa shape index (κ3) is 2.03. The summed E-state index contributed by atoms with van der Waals surface area (Å²) in [5, 5.41) is 12.5. The number of anilines is 1. The lowest BCUT2D eigenvalue weighted by molar-refractivity contribution is 0.808. The second-order valence-electron chi connectivity index (χ2n) is 4.63. The quantitative estimate of drug-likeness (QED) is 0.686. The molecule has 7 nitrogen and oxygen atoms in total. The van der Waals surface area contributed by atoms with Crippen molar-refractivity contribution in [2.75, 3.05) is 5.43 Å². The summed E-state index contributed by atoms with van der Waals surface area (Å²) < 4.78 is 1.72. The summed E-state index contributed by atoms with van der Waals surface area (Å²) in [6.07, 6.45) is 0.727. The van der Waals surface area contributed by atoms with Gasteiger partial charge in [-0.15, -0.1) is 10.2 Å². The van der Waals surface area contributed by atoms with Gasteiger partial charge >= 0.3 is 0 Å². The highest BCUT2D eigenvalue weighted by Crippen LogP contribution is 2.05. The van der Waals surface area contributed by atoms with Crippen LogP contribution in [0, 0.1) is 0 Å². The zero-order chi connectivity index (χ0) is 15.0. The summed E-state index contributed by atoms with van der Waals surface area (Å²) in [6.45, 7) is 1.96. The zero-order valence-corrected chi connectivity index (χ0v) is 11.6. The van der Waals surface area contributed by atoms with Gasteiger partial charge in [0, 0.05) is 24.2 Å². The van der Waals surface area contributed by atoms with Crippen molar-refractivity contribution in [3.8, 4) is 0 Å². The molecule has 3 rings (SSSR count). The van der Waals surface area contributed by atoms with Crippen LogP contribution >= 0.6 is 0 Å². The second-order valence-corrected chi connectivity index (χ2v) is 4.63. The molecule has 0 saturated heterocycles.